The standard InChI is InChI=1S/C20H26N4O2/c1-14(2)23-19(26)24-17-11-9-15(10-12-17)13-22-18(25)20(3,21)16-7-5-4-6-8-16/h4-12,14H,13,21H2,1-3H3,(H,22,25)(H2,23,24,26). The Kier molecular flexibility index (Phi) is 6.36. The fraction of sp³-hybridized carbons (Fsp3) is 0.300. The molecule has 0 saturated carbocycles. The Balaban J connectivity index is 1.91. The molecule has 1 unspecified atom stereocenters. The van der Waals surface area contributed by atoms with Crippen LogP contribution in [-0.2, 0) is 16.9 Å². The molecule has 0 bridgehead atoms. The van der Waals surface area contributed by atoms with E-state index in [0.29, 0.717) is 12.2 Å². The van der Waals surface area contributed by atoms with Gasteiger partial charge in [-0.05, 0) is 44.0 Å². The van der Waals surface area contributed by atoms with Gasteiger partial charge >= 0.3 is 6.03 Å². The Morgan fingerprint density at radius 3 is 2.23 bits per heavy atom. The van der Waals surface area contributed by atoms with Crippen LogP contribution in [0.1, 0.15) is 31.9 Å². The fourth-order valence-electron chi connectivity index (χ4n) is 2.42. The van der Waals surface area contributed by atoms with E-state index in [4.69, 9.17) is 5.73 Å². The summed E-state index contributed by atoms with van der Waals surface area (Å²) in [6, 6.07) is 16.4. The molecule has 138 valence electrons. The van der Waals surface area contributed by atoms with Gasteiger partial charge in [0.2, 0.25) is 5.91 Å². The molecule has 2 aromatic carbocycles. The molecule has 0 aromatic heterocycles. The van der Waals surface area contributed by atoms with E-state index in [0.717, 1.165) is 11.1 Å². The van der Waals surface area contributed by atoms with Gasteiger partial charge in [-0.1, -0.05) is 42.5 Å². The van der Waals surface area contributed by atoms with Crippen LogP contribution in [0.5, 0.6) is 0 Å². The first-order valence-corrected chi connectivity index (χ1v) is 8.58. The highest BCUT2D eigenvalue weighted by atomic mass is 16.2. The predicted octanol–water partition coefficient (Wildman–Crippen LogP) is 2.71. The van der Waals surface area contributed by atoms with Crippen molar-refractivity contribution in [1.29, 1.82) is 0 Å². The largest absolute Gasteiger partial charge is 0.350 e. The van der Waals surface area contributed by atoms with E-state index in [9.17, 15) is 9.59 Å². The van der Waals surface area contributed by atoms with E-state index in [1.807, 2.05) is 56.3 Å². The zero-order valence-electron chi connectivity index (χ0n) is 15.4. The van der Waals surface area contributed by atoms with Gasteiger partial charge in [0.1, 0.15) is 5.54 Å². The Bertz CT molecular complexity index is 740. The predicted molar refractivity (Wildman–Crippen MR) is 104 cm³/mol. The maximum Gasteiger partial charge on any atom is 0.319 e. The third-order valence-corrected chi connectivity index (χ3v) is 3.93. The monoisotopic (exact) mass is 354 g/mol. The number of hydrogen-bond acceptors (Lipinski definition) is 3. The van der Waals surface area contributed by atoms with Crippen molar-refractivity contribution in [3.63, 3.8) is 0 Å². The average Bonchev–Trinajstić information content (AvgIpc) is 2.60. The van der Waals surface area contributed by atoms with Crippen LogP contribution in [0.25, 0.3) is 0 Å². The number of anilines is 1. The number of amides is 3. The third-order valence-electron chi connectivity index (χ3n) is 3.93. The van der Waals surface area contributed by atoms with Crippen molar-refractivity contribution in [2.24, 2.45) is 5.73 Å². The number of nitrogens with one attached hydrogen (secondary N) is 3. The summed E-state index contributed by atoms with van der Waals surface area (Å²) >= 11 is 0. The Morgan fingerprint density at radius 1 is 1.04 bits per heavy atom. The summed E-state index contributed by atoms with van der Waals surface area (Å²) in [6.07, 6.45) is 0. The number of carbonyl (C=O) groups is 2. The Hall–Kier alpha value is -2.86. The molecule has 2 aromatic rings. The number of rotatable bonds is 6. The lowest BCUT2D eigenvalue weighted by Gasteiger charge is -2.24. The van der Waals surface area contributed by atoms with E-state index in [2.05, 4.69) is 16.0 Å². The highest BCUT2D eigenvalue weighted by molar-refractivity contribution is 5.89. The molecular formula is C20H26N4O2. The first kappa shape index (κ1) is 19.5. The second kappa shape index (κ2) is 8.49. The normalized spacial score (nSPS) is 13.0. The van der Waals surface area contributed by atoms with Gasteiger partial charge in [-0.25, -0.2) is 4.79 Å². The number of nitrogens with two attached hydrogens (primary N) is 1. The minimum Gasteiger partial charge on any atom is -0.350 e. The summed E-state index contributed by atoms with van der Waals surface area (Å²) in [7, 11) is 0. The van der Waals surface area contributed by atoms with Crippen molar-refractivity contribution in [2.45, 2.75) is 38.9 Å². The van der Waals surface area contributed by atoms with Gasteiger partial charge < -0.3 is 21.7 Å². The van der Waals surface area contributed by atoms with Crippen molar-refractivity contribution in [3.05, 3.63) is 65.7 Å². The van der Waals surface area contributed by atoms with Crippen LogP contribution in [0.3, 0.4) is 0 Å². The minimum absolute atomic E-state index is 0.0691. The molecule has 26 heavy (non-hydrogen) atoms. The van der Waals surface area contributed by atoms with Gasteiger partial charge in [0.05, 0.1) is 0 Å². The molecular weight excluding hydrogens is 328 g/mol. The lowest BCUT2D eigenvalue weighted by Crippen LogP contribution is -2.48. The third kappa shape index (κ3) is 5.32. The first-order chi connectivity index (χ1) is 12.3. The number of urea groups is 1. The van der Waals surface area contributed by atoms with E-state index < -0.39 is 5.54 Å². The topological polar surface area (TPSA) is 96.2 Å². The summed E-state index contributed by atoms with van der Waals surface area (Å²) in [6.45, 7) is 5.84. The van der Waals surface area contributed by atoms with Crippen molar-refractivity contribution in [1.82, 2.24) is 10.6 Å². The number of carbonyl (C=O) groups excluding carboxylic acids is 2. The van der Waals surface area contributed by atoms with Crippen LogP contribution in [0, 0.1) is 0 Å². The lowest BCUT2D eigenvalue weighted by molar-refractivity contribution is -0.126. The number of hydrogen-bond donors (Lipinski definition) is 4. The van der Waals surface area contributed by atoms with Crippen molar-refractivity contribution in [3.8, 4) is 0 Å². The molecule has 0 aliphatic rings. The lowest BCUT2D eigenvalue weighted by atomic mass is 9.92. The van der Waals surface area contributed by atoms with Gasteiger partial charge in [0.15, 0.2) is 0 Å². The average molecular weight is 354 g/mol. The molecule has 0 radical (unpaired) electrons. The second-order valence-electron chi connectivity index (χ2n) is 6.70. The van der Waals surface area contributed by atoms with E-state index in [1.54, 1.807) is 19.1 Å². The molecule has 6 nitrogen and oxygen atoms in total. The minimum atomic E-state index is -1.10. The maximum atomic E-state index is 12.5. The zero-order chi connectivity index (χ0) is 19.2. The van der Waals surface area contributed by atoms with E-state index in [-0.39, 0.29) is 18.0 Å². The Labute approximate surface area is 154 Å². The summed E-state index contributed by atoms with van der Waals surface area (Å²) in [4.78, 5) is 24.1. The SMILES string of the molecule is CC(C)NC(=O)Nc1ccc(CNC(=O)C(C)(N)c2ccccc2)cc1. The summed E-state index contributed by atoms with van der Waals surface area (Å²) in [5.41, 5.74) is 7.46. The van der Waals surface area contributed by atoms with Crippen molar-refractivity contribution >= 4 is 17.6 Å². The molecule has 0 aliphatic carbocycles. The first-order valence-electron chi connectivity index (χ1n) is 8.58. The van der Waals surface area contributed by atoms with Crippen LogP contribution in [0.2, 0.25) is 0 Å². The quantitative estimate of drug-likeness (QED) is 0.642. The van der Waals surface area contributed by atoms with Crippen LogP contribution in [0.15, 0.2) is 54.6 Å². The molecule has 0 fully saturated rings. The van der Waals surface area contributed by atoms with E-state index >= 15 is 0 Å². The van der Waals surface area contributed by atoms with Gasteiger partial charge in [0.25, 0.3) is 0 Å². The maximum absolute atomic E-state index is 12.5. The van der Waals surface area contributed by atoms with Crippen molar-refractivity contribution < 1.29 is 9.59 Å². The molecule has 5 N–H and O–H groups in total. The van der Waals surface area contributed by atoms with Crippen LogP contribution < -0.4 is 21.7 Å². The van der Waals surface area contributed by atoms with Crippen LogP contribution in [-0.4, -0.2) is 18.0 Å². The summed E-state index contributed by atoms with van der Waals surface area (Å²) in [5.74, 6) is -0.248. The molecule has 0 spiro atoms. The molecule has 6 heteroatoms. The van der Waals surface area contributed by atoms with Crippen molar-refractivity contribution in [2.75, 3.05) is 5.32 Å². The smallest absolute Gasteiger partial charge is 0.319 e. The molecule has 2 rings (SSSR count). The highest BCUT2D eigenvalue weighted by Gasteiger charge is 2.29. The molecule has 0 heterocycles. The van der Waals surface area contributed by atoms with E-state index in [1.165, 1.54) is 0 Å². The molecule has 3 amide bonds. The highest BCUT2D eigenvalue weighted by Crippen LogP contribution is 2.17. The Morgan fingerprint density at radius 2 is 1.65 bits per heavy atom. The molecule has 0 aliphatic heterocycles. The number of benzene rings is 2. The fourth-order valence-corrected chi connectivity index (χ4v) is 2.42. The van der Waals surface area contributed by atoms with Crippen LogP contribution in [0.4, 0.5) is 10.5 Å². The molecule has 0 saturated heterocycles. The summed E-state index contributed by atoms with van der Waals surface area (Å²) in [5, 5.41) is 8.37. The summed E-state index contributed by atoms with van der Waals surface area (Å²) < 4.78 is 0. The molecule has 1 atom stereocenters. The van der Waals surface area contributed by atoms with Gasteiger partial charge in [0, 0.05) is 18.3 Å². The van der Waals surface area contributed by atoms with Gasteiger partial charge in [-0.2, -0.15) is 0 Å². The van der Waals surface area contributed by atoms with Gasteiger partial charge in [-0.15, -0.1) is 0 Å². The van der Waals surface area contributed by atoms with Gasteiger partial charge in [-0.3, -0.25) is 4.79 Å². The van der Waals surface area contributed by atoms with Crippen LogP contribution >= 0.6 is 0 Å². The zero-order valence-corrected chi connectivity index (χ0v) is 15.4. The second-order valence-corrected chi connectivity index (χ2v) is 6.70.